The largest absolute Gasteiger partial charge is 0.379 e. The monoisotopic (exact) mass is 337 g/mol. The van der Waals surface area contributed by atoms with Crippen molar-refractivity contribution < 1.29 is 9.53 Å². The first-order chi connectivity index (χ1) is 12.3. The molecule has 0 bridgehead atoms. The van der Waals surface area contributed by atoms with Gasteiger partial charge in [-0.1, -0.05) is 6.07 Å². The molecule has 7 heteroatoms. The van der Waals surface area contributed by atoms with Crippen LogP contribution in [0.15, 0.2) is 42.9 Å². The molecule has 3 aromatic rings. The van der Waals surface area contributed by atoms with Gasteiger partial charge in [-0.2, -0.15) is 5.10 Å². The number of amides is 1. The zero-order valence-electron chi connectivity index (χ0n) is 13.8. The second kappa shape index (κ2) is 6.98. The van der Waals surface area contributed by atoms with Crippen LogP contribution in [0, 0.1) is 5.92 Å². The van der Waals surface area contributed by atoms with E-state index in [-0.39, 0.29) is 17.6 Å². The van der Waals surface area contributed by atoms with Crippen LogP contribution in [-0.4, -0.2) is 57.3 Å². The standard InChI is InChI=1S/C18H19N5O2/c24-18(17-19-4-1-5-20-17)23-6-7-25-12-14(11-23)8-13-2-3-16-15(9-13)10-21-22-16/h1-5,9-10,14H,6-8,11-12H2,(H,21,22)/t14-/m0/s1. The molecule has 1 amide bonds. The third-order valence-corrected chi connectivity index (χ3v) is 4.41. The highest BCUT2D eigenvalue weighted by Gasteiger charge is 2.25. The number of ether oxygens (including phenoxy) is 1. The third kappa shape index (κ3) is 3.51. The van der Waals surface area contributed by atoms with Crippen LogP contribution >= 0.6 is 0 Å². The van der Waals surface area contributed by atoms with E-state index in [1.807, 2.05) is 12.3 Å². The van der Waals surface area contributed by atoms with Crippen LogP contribution in [0.2, 0.25) is 0 Å². The molecule has 1 fully saturated rings. The fourth-order valence-corrected chi connectivity index (χ4v) is 3.19. The molecular weight excluding hydrogens is 318 g/mol. The molecule has 4 rings (SSSR count). The maximum absolute atomic E-state index is 12.6. The number of carbonyl (C=O) groups excluding carboxylic acids is 1. The number of hydrogen-bond donors (Lipinski definition) is 1. The van der Waals surface area contributed by atoms with Gasteiger partial charge in [0.2, 0.25) is 5.82 Å². The minimum atomic E-state index is -0.138. The van der Waals surface area contributed by atoms with E-state index in [4.69, 9.17) is 4.74 Å². The smallest absolute Gasteiger partial charge is 0.291 e. The van der Waals surface area contributed by atoms with E-state index < -0.39 is 0 Å². The first kappa shape index (κ1) is 15.7. The van der Waals surface area contributed by atoms with Crippen LogP contribution in [0.5, 0.6) is 0 Å². The number of carbonyl (C=O) groups is 1. The second-order valence-electron chi connectivity index (χ2n) is 6.26. The minimum absolute atomic E-state index is 0.138. The summed E-state index contributed by atoms with van der Waals surface area (Å²) in [4.78, 5) is 22.6. The quantitative estimate of drug-likeness (QED) is 0.786. The number of nitrogens with one attached hydrogen (secondary N) is 1. The van der Waals surface area contributed by atoms with Crippen LogP contribution in [-0.2, 0) is 11.2 Å². The summed E-state index contributed by atoms with van der Waals surface area (Å²) in [6.45, 7) is 2.38. The normalized spacial score (nSPS) is 18.2. The molecule has 7 nitrogen and oxygen atoms in total. The molecule has 1 aliphatic rings. The van der Waals surface area contributed by atoms with Gasteiger partial charge in [0.05, 0.1) is 24.9 Å². The number of aromatic nitrogens is 4. The van der Waals surface area contributed by atoms with Crippen LogP contribution in [0.25, 0.3) is 10.9 Å². The van der Waals surface area contributed by atoms with Crippen molar-refractivity contribution in [2.45, 2.75) is 6.42 Å². The van der Waals surface area contributed by atoms with E-state index in [0.29, 0.717) is 26.3 Å². The summed E-state index contributed by atoms with van der Waals surface area (Å²) < 4.78 is 5.71. The Morgan fingerprint density at radius 1 is 1.32 bits per heavy atom. The number of hydrogen-bond acceptors (Lipinski definition) is 5. The highest BCUT2D eigenvalue weighted by atomic mass is 16.5. The number of aromatic amines is 1. The number of rotatable bonds is 3. The van der Waals surface area contributed by atoms with Crippen molar-refractivity contribution in [2.24, 2.45) is 5.92 Å². The summed E-state index contributed by atoms with van der Waals surface area (Å²) in [7, 11) is 0. The summed E-state index contributed by atoms with van der Waals surface area (Å²) in [6, 6.07) is 7.97. The summed E-state index contributed by atoms with van der Waals surface area (Å²) in [5.41, 5.74) is 2.24. The first-order valence-electron chi connectivity index (χ1n) is 8.35. The predicted octanol–water partition coefficient (Wildman–Crippen LogP) is 1.68. The van der Waals surface area contributed by atoms with E-state index in [0.717, 1.165) is 17.3 Å². The average molecular weight is 337 g/mol. The lowest BCUT2D eigenvalue weighted by molar-refractivity contribution is 0.0725. The third-order valence-electron chi connectivity index (χ3n) is 4.41. The van der Waals surface area contributed by atoms with Crippen LogP contribution in [0.1, 0.15) is 16.2 Å². The van der Waals surface area contributed by atoms with Crippen molar-refractivity contribution in [3.05, 3.63) is 54.2 Å². The van der Waals surface area contributed by atoms with Crippen LogP contribution in [0.3, 0.4) is 0 Å². The van der Waals surface area contributed by atoms with Gasteiger partial charge in [0.25, 0.3) is 5.91 Å². The van der Waals surface area contributed by atoms with Gasteiger partial charge in [0, 0.05) is 36.8 Å². The first-order valence-corrected chi connectivity index (χ1v) is 8.35. The molecule has 1 aliphatic heterocycles. The van der Waals surface area contributed by atoms with Crippen molar-refractivity contribution in [2.75, 3.05) is 26.3 Å². The Morgan fingerprint density at radius 3 is 3.08 bits per heavy atom. The Bertz CT molecular complexity index is 864. The lowest BCUT2D eigenvalue weighted by Gasteiger charge is -2.23. The molecular formula is C18H19N5O2. The molecule has 0 unspecified atom stereocenters. The summed E-state index contributed by atoms with van der Waals surface area (Å²) >= 11 is 0. The second-order valence-corrected chi connectivity index (χ2v) is 6.26. The molecule has 0 spiro atoms. The van der Waals surface area contributed by atoms with Gasteiger partial charge in [0.1, 0.15) is 0 Å². The van der Waals surface area contributed by atoms with Gasteiger partial charge in [-0.25, -0.2) is 9.97 Å². The van der Waals surface area contributed by atoms with Crippen molar-refractivity contribution in [3.63, 3.8) is 0 Å². The number of fused-ring (bicyclic) bond motifs is 1. The lowest BCUT2D eigenvalue weighted by Crippen LogP contribution is -2.37. The van der Waals surface area contributed by atoms with E-state index >= 15 is 0 Å². The topological polar surface area (TPSA) is 84.0 Å². The van der Waals surface area contributed by atoms with Crippen molar-refractivity contribution in [1.82, 2.24) is 25.1 Å². The average Bonchev–Trinajstić information content (AvgIpc) is 2.99. The number of H-pyrrole nitrogens is 1. The Morgan fingerprint density at radius 2 is 2.20 bits per heavy atom. The minimum Gasteiger partial charge on any atom is -0.379 e. The van der Waals surface area contributed by atoms with Gasteiger partial charge >= 0.3 is 0 Å². The maximum atomic E-state index is 12.6. The zero-order valence-corrected chi connectivity index (χ0v) is 13.8. The molecule has 128 valence electrons. The van der Waals surface area contributed by atoms with Crippen molar-refractivity contribution >= 4 is 16.8 Å². The molecule has 1 saturated heterocycles. The Balaban J connectivity index is 1.48. The summed E-state index contributed by atoms with van der Waals surface area (Å²) in [5, 5.41) is 8.11. The fourth-order valence-electron chi connectivity index (χ4n) is 3.19. The SMILES string of the molecule is O=C(c1ncccn1)N1CCOC[C@@H](Cc2ccc3[nH]ncc3c2)C1. The van der Waals surface area contributed by atoms with Gasteiger partial charge in [-0.05, 0) is 30.2 Å². The zero-order chi connectivity index (χ0) is 17.1. The Labute approximate surface area is 145 Å². The Hall–Kier alpha value is -2.80. The van der Waals surface area contributed by atoms with E-state index in [1.54, 1.807) is 23.4 Å². The van der Waals surface area contributed by atoms with E-state index in [1.165, 1.54) is 5.56 Å². The van der Waals surface area contributed by atoms with E-state index in [9.17, 15) is 4.79 Å². The highest BCUT2D eigenvalue weighted by Crippen LogP contribution is 2.19. The van der Waals surface area contributed by atoms with Crippen LogP contribution < -0.4 is 0 Å². The van der Waals surface area contributed by atoms with Gasteiger partial charge in [0.15, 0.2) is 0 Å². The van der Waals surface area contributed by atoms with Crippen molar-refractivity contribution in [3.8, 4) is 0 Å². The fraction of sp³-hybridized carbons (Fsp3) is 0.333. The van der Waals surface area contributed by atoms with Crippen molar-refractivity contribution in [1.29, 1.82) is 0 Å². The number of nitrogens with zero attached hydrogens (tertiary/aromatic N) is 4. The van der Waals surface area contributed by atoms with Crippen LogP contribution in [0.4, 0.5) is 0 Å². The molecule has 2 aromatic heterocycles. The molecule has 1 aromatic carbocycles. The van der Waals surface area contributed by atoms with E-state index in [2.05, 4.69) is 32.3 Å². The molecule has 0 radical (unpaired) electrons. The molecule has 0 aliphatic carbocycles. The lowest BCUT2D eigenvalue weighted by atomic mass is 9.98. The molecule has 25 heavy (non-hydrogen) atoms. The predicted molar refractivity (Wildman–Crippen MR) is 92.0 cm³/mol. The van der Waals surface area contributed by atoms with Gasteiger partial charge in [-0.15, -0.1) is 0 Å². The molecule has 3 heterocycles. The summed E-state index contributed by atoms with van der Waals surface area (Å²) in [5.74, 6) is 0.337. The molecule has 1 N–H and O–H groups in total. The summed E-state index contributed by atoms with van der Waals surface area (Å²) in [6.07, 6.45) is 5.85. The van der Waals surface area contributed by atoms with Gasteiger partial charge < -0.3 is 9.64 Å². The Kier molecular flexibility index (Phi) is 4.39. The maximum Gasteiger partial charge on any atom is 0.291 e. The van der Waals surface area contributed by atoms with Gasteiger partial charge in [-0.3, -0.25) is 9.89 Å². The molecule has 1 atom stereocenters. The number of benzene rings is 1. The highest BCUT2D eigenvalue weighted by molar-refractivity contribution is 5.90. The molecule has 0 saturated carbocycles.